The van der Waals surface area contributed by atoms with Crippen LogP contribution >= 0.6 is 23.4 Å². The molecule has 2 aromatic rings. The number of allylic oxidation sites excluding steroid dienone is 1. The predicted octanol–water partition coefficient (Wildman–Crippen LogP) is 3.99. The molecule has 0 radical (unpaired) electrons. The first-order chi connectivity index (χ1) is 11.2. The van der Waals surface area contributed by atoms with E-state index in [1.165, 1.54) is 11.8 Å². The largest absolute Gasteiger partial charge is 0.347 e. The molecule has 0 saturated heterocycles. The molecule has 23 heavy (non-hydrogen) atoms. The minimum atomic E-state index is -0.399. The van der Waals surface area contributed by atoms with Gasteiger partial charge < -0.3 is 5.32 Å². The van der Waals surface area contributed by atoms with Gasteiger partial charge in [-0.25, -0.2) is 0 Å². The number of nitrogens with one attached hydrogen (secondary N) is 1. The van der Waals surface area contributed by atoms with E-state index in [9.17, 15) is 10.1 Å². The van der Waals surface area contributed by atoms with Crippen molar-refractivity contribution >= 4 is 34.8 Å². The molecule has 4 nitrogen and oxygen atoms in total. The van der Waals surface area contributed by atoms with Crippen molar-refractivity contribution in [2.24, 2.45) is 0 Å². The molecule has 112 valence electrons. The molecule has 0 amide bonds. The van der Waals surface area contributed by atoms with Crippen LogP contribution in [-0.2, 0) is 0 Å². The van der Waals surface area contributed by atoms with Gasteiger partial charge in [0.2, 0.25) is 5.78 Å². The molecule has 0 bridgehead atoms. The molecule has 1 aliphatic rings. The third-order valence-corrected chi connectivity index (χ3v) is 4.39. The Hall–Kier alpha value is -2.55. The van der Waals surface area contributed by atoms with Crippen molar-refractivity contribution in [2.75, 3.05) is 0 Å². The van der Waals surface area contributed by atoms with Gasteiger partial charge in [-0.2, -0.15) is 5.26 Å². The number of hydrogen-bond donors (Lipinski definition) is 1. The maximum atomic E-state index is 12.6. The van der Waals surface area contributed by atoms with Gasteiger partial charge in [-0.1, -0.05) is 41.6 Å². The van der Waals surface area contributed by atoms with Crippen LogP contribution in [0.4, 0.5) is 0 Å². The number of nitrogens with zero attached hydrogens (tertiary/aromatic N) is 2. The quantitative estimate of drug-likeness (QED) is 0.520. The fraction of sp³-hybridized carbons (Fsp3) is 0. The molecule has 1 aliphatic heterocycles. The summed E-state index contributed by atoms with van der Waals surface area (Å²) in [4.78, 5) is 16.8. The Morgan fingerprint density at radius 1 is 1.22 bits per heavy atom. The van der Waals surface area contributed by atoms with Gasteiger partial charge in [0.05, 0.1) is 21.4 Å². The van der Waals surface area contributed by atoms with Gasteiger partial charge in [-0.15, -0.1) is 0 Å². The molecule has 1 N–H and O–H groups in total. The number of ketones is 1. The van der Waals surface area contributed by atoms with E-state index in [-0.39, 0.29) is 5.57 Å². The number of aromatic nitrogens is 1. The number of hydrogen-bond acceptors (Lipinski definition) is 5. The molecule has 0 unspecified atom stereocenters. The Balaban J connectivity index is 1.91. The normalized spacial score (nSPS) is 15.4. The minimum absolute atomic E-state index is 0.0327. The Morgan fingerprint density at radius 2 is 2.00 bits per heavy atom. The first kappa shape index (κ1) is 15.3. The number of carbonyl (C=O) groups excluding carboxylic acids is 1. The summed E-state index contributed by atoms with van der Waals surface area (Å²) in [5.74, 6) is -0.399. The van der Waals surface area contributed by atoms with Gasteiger partial charge in [0.15, 0.2) is 0 Å². The van der Waals surface area contributed by atoms with Crippen LogP contribution in [0.15, 0.2) is 64.7 Å². The number of pyridine rings is 1. The highest BCUT2D eigenvalue weighted by molar-refractivity contribution is 8.06. The standard InChI is InChI=1S/C17H10ClN3OS/c18-13-6-2-1-5-11(13)16(22)12(9-19)17-21-15(10-23-17)14-7-3-4-8-20-14/h1-8,10,21H. The van der Waals surface area contributed by atoms with Crippen molar-refractivity contribution in [2.45, 2.75) is 0 Å². The van der Waals surface area contributed by atoms with E-state index in [1.807, 2.05) is 29.7 Å². The summed E-state index contributed by atoms with van der Waals surface area (Å²) in [5, 5.41) is 15.1. The topological polar surface area (TPSA) is 65.8 Å². The number of thioether (sulfide) groups is 1. The van der Waals surface area contributed by atoms with Gasteiger partial charge in [-0.05, 0) is 24.3 Å². The summed E-state index contributed by atoms with van der Waals surface area (Å²) < 4.78 is 0. The molecule has 0 atom stereocenters. The molecular formula is C17H10ClN3OS. The lowest BCUT2D eigenvalue weighted by atomic mass is 10.1. The SMILES string of the molecule is N#CC(C(=O)c1ccccc1Cl)=C1NC(c2ccccn2)=CS1. The number of Topliss-reactive ketones (excluding diaryl/α,β-unsaturated/α-hetero) is 1. The van der Waals surface area contributed by atoms with Crippen LogP contribution in [0.1, 0.15) is 16.1 Å². The van der Waals surface area contributed by atoms with E-state index in [2.05, 4.69) is 10.3 Å². The van der Waals surface area contributed by atoms with E-state index < -0.39 is 5.78 Å². The van der Waals surface area contributed by atoms with Crippen LogP contribution < -0.4 is 5.32 Å². The molecule has 2 heterocycles. The Bertz CT molecular complexity index is 869. The molecule has 0 aliphatic carbocycles. The molecule has 3 rings (SSSR count). The fourth-order valence-corrected chi connectivity index (χ4v) is 3.11. The zero-order chi connectivity index (χ0) is 16.2. The van der Waals surface area contributed by atoms with E-state index >= 15 is 0 Å². The van der Waals surface area contributed by atoms with Crippen LogP contribution in [0.25, 0.3) is 5.70 Å². The van der Waals surface area contributed by atoms with Crippen molar-refractivity contribution in [1.29, 1.82) is 5.26 Å². The maximum Gasteiger partial charge on any atom is 0.207 e. The third kappa shape index (κ3) is 3.14. The number of benzene rings is 1. The summed E-state index contributed by atoms with van der Waals surface area (Å²) >= 11 is 7.34. The van der Waals surface area contributed by atoms with E-state index in [0.717, 1.165) is 11.4 Å². The molecule has 1 aromatic carbocycles. The summed E-state index contributed by atoms with van der Waals surface area (Å²) in [6.45, 7) is 0. The van der Waals surface area contributed by atoms with E-state index in [1.54, 1.807) is 30.5 Å². The lowest BCUT2D eigenvalue weighted by Crippen LogP contribution is -2.12. The minimum Gasteiger partial charge on any atom is -0.347 e. The monoisotopic (exact) mass is 339 g/mol. The molecule has 6 heteroatoms. The van der Waals surface area contributed by atoms with Crippen LogP contribution in [0.5, 0.6) is 0 Å². The average Bonchev–Trinajstić information content (AvgIpc) is 3.06. The number of nitriles is 1. The van der Waals surface area contributed by atoms with Gasteiger partial charge in [0.1, 0.15) is 11.6 Å². The first-order valence-corrected chi connectivity index (χ1v) is 7.95. The van der Waals surface area contributed by atoms with Crippen LogP contribution in [0.2, 0.25) is 5.02 Å². The van der Waals surface area contributed by atoms with Crippen LogP contribution in [0, 0.1) is 11.3 Å². The highest BCUT2D eigenvalue weighted by atomic mass is 35.5. The summed E-state index contributed by atoms with van der Waals surface area (Å²) in [5.41, 5.74) is 1.85. The predicted molar refractivity (Wildman–Crippen MR) is 91.4 cm³/mol. The molecule has 0 spiro atoms. The maximum absolute atomic E-state index is 12.6. The lowest BCUT2D eigenvalue weighted by Gasteiger charge is -2.07. The van der Waals surface area contributed by atoms with Crippen molar-refractivity contribution in [3.63, 3.8) is 0 Å². The average molecular weight is 340 g/mol. The Morgan fingerprint density at radius 3 is 2.70 bits per heavy atom. The zero-order valence-electron chi connectivity index (χ0n) is 11.8. The number of rotatable bonds is 3. The van der Waals surface area contributed by atoms with E-state index in [4.69, 9.17) is 11.6 Å². The van der Waals surface area contributed by atoms with Gasteiger partial charge in [0, 0.05) is 17.2 Å². The fourth-order valence-electron chi connectivity index (χ4n) is 2.05. The molecule has 1 aromatic heterocycles. The molecule has 0 saturated carbocycles. The molecular weight excluding hydrogens is 330 g/mol. The Kier molecular flexibility index (Phi) is 4.47. The van der Waals surface area contributed by atoms with Crippen molar-refractivity contribution in [1.82, 2.24) is 10.3 Å². The van der Waals surface area contributed by atoms with Gasteiger partial charge >= 0.3 is 0 Å². The van der Waals surface area contributed by atoms with Crippen LogP contribution in [0.3, 0.4) is 0 Å². The van der Waals surface area contributed by atoms with Crippen molar-refractivity contribution in [3.8, 4) is 6.07 Å². The second kappa shape index (κ2) is 6.69. The smallest absolute Gasteiger partial charge is 0.207 e. The van der Waals surface area contributed by atoms with Crippen molar-refractivity contribution in [3.05, 3.63) is 81.0 Å². The van der Waals surface area contributed by atoms with Gasteiger partial charge in [-0.3, -0.25) is 9.78 Å². The Labute approximate surface area is 142 Å². The molecule has 0 fully saturated rings. The highest BCUT2D eigenvalue weighted by Crippen LogP contribution is 2.32. The summed E-state index contributed by atoms with van der Waals surface area (Å²) in [6.07, 6.45) is 1.68. The summed E-state index contributed by atoms with van der Waals surface area (Å²) in [7, 11) is 0. The second-order valence-corrected chi connectivity index (χ2v) is 5.90. The lowest BCUT2D eigenvalue weighted by molar-refractivity contribution is 0.103. The highest BCUT2D eigenvalue weighted by Gasteiger charge is 2.23. The van der Waals surface area contributed by atoms with Crippen molar-refractivity contribution < 1.29 is 4.79 Å². The first-order valence-electron chi connectivity index (χ1n) is 6.69. The number of carbonyl (C=O) groups is 1. The number of halogens is 1. The zero-order valence-corrected chi connectivity index (χ0v) is 13.4. The second-order valence-electron chi connectivity index (χ2n) is 4.61. The van der Waals surface area contributed by atoms with Crippen LogP contribution in [-0.4, -0.2) is 10.8 Å². The van der Waals surface area contributed by atoms with Gasteiger partial charge in [0.25, 0.3) is 0 Å². The summed E-state index contributed by atoms with van der Waals surface area (Å²) in [6, 6.07) is 14.2. The third-order valence-electron chi connectivity index (χ3n) is 3.17. The van der Waals surface area contributed by atoms with E-state index in [0.29, 0.717) is 15.6 Å².